The number of benzene rings is 3. The summed E-state index contributed by atoms with van der Waals surface area (Å²) in [6.45, 7) is 3.81. The van der Waals surface area contributed by atoms with Crippen LogP contribution in [0.1, 0.15) is 41.8 Å². The van der Waals surface area contributed by atoms with Gasteiger partial charge in [-0.3, -0.25) is 24.2 Å². The first-order valence-electron chi connectivity index (χ1n) is 13.3. The van der Waals surface area contributed by atoms with E-state index < -0.39 is 37.6 Å². The van der Waals surface area contributed by atoms with Gasteiger partial charge in [-0.1, -0.05) is 32.0 Å². The molecule has 13 heteroatoms. The molecule has 5 N–H and O–H groups in total. The highest BCUT2D eigenvalue weighted by atomic mass is 31.2. The van der Waals surface area contributed by atoms with Crippen molar-refractivity contribution in [2.75, 3.05) is 12.4 Å². The van der Waals surface area contributed by atoms with Crippen molar-refractivity contribution >= 4 is 31.2 Å². The summed E-state index contributed by atoms with van der Waals surface area (Å²) < 4.78 is 20.9. The van der Waals surface area contributed by atoms with Gasteiger partial charge in [0.15, 0.2) is 0 Å². The van der Waals surface area contributed by atoms with Gasteiger partial charge in [0.2, 0.25) is 11.8 Å². The van der Waals surface area contributed by atoms with Crippen molar-refractivity contribution in [3.8, 4) is 17.6 Å². The molecule has 0 spiro atoms. The molecule has 3 rings (SSSR count). The van der Waals surface area contributed by atoms with E-state index in [1.165, 1.54) is 55.6 Å². The maximum atomic E-state index is 13.6. The van der Waals surface area contributed by atoms with E-state index >= 15 is 0 Å². The molecule has 2 atom stereocenters. The lowest BCUT2D eigenvalue weighted by molar-refractivity contribution is -0.128. The number of carbonyl (C=O) groups is 3. The minimum absolute atomic E-state index is 0.0179. The second-order valence-corrected chi connectivity index (χ2v) is 11.2. The van der Waals surface area contributed by atoms with Gasteiger partial charge in [0, 0.05) is 23.7 Å². The van der Waals surface area contributed by atoms with Crippen LogP contribution in [0.2, 0.25) is 0 Å². The fourth-order valence-electron chi connectivity index (χ4n) is 4.11. The van der Waals surface area contributed by atoms with Crippen LogP contribution in [0.25, 0.3) is 0 Å². The van der Waals surface area contributed by atoms with Gasteiger partial charge in [-0.15, -0.1) is 0 Å². The topological polar surface area (TPSA) is 187 Å². The fourth-order valence-corrected chi connectivity index (χ4v) is 4.51. The molecule has 0 saturated heterocycles. The average molecular weight is 609 g/mol. The van der Waals surface area contributed by atoms with Crippen molar-refractivity contribution in [2.24, 2.45) is 5.92 Å². The predicted octanol–water partition coefficient (Wildman–Crippen LogP) is 3.55. The Bertz CT molecular complexity index is 1510. The molecule has 3 aromatic rings. The standard InChI is InChI=1S/C30H33N4O8P/c1-19(2)15-26(29(36)32-23-5-4-6-25(17-23)41-3)34-30(37)27(33-28(35)22-11-7-21(18-31)8-12-22)16-20-9-13-24(14-10-20)42-43(38,39)40/h4-14,17,19,26-27H,15-16H2,1-3H3,(H,32,36)(H,33,35)(H,34,37)(H2,38,39,40). The number of carbonyl (C=O) groups excluding carboxylic acids is 3. The van der Waals surface area contributed by atoms with Crippen LogP contribution in [0.5, 0.6) is 11.5 Å². The number of rotatable bonds is 13. The van der Waals surface area contributed by atoms with Crippen LogP contribution in [0.3, 0.4) is 0 Å². The first-order valence-corrected chi connectivity index (χ1v) is 14.8. The number of hydrogen-bond donors (Lipinski definition) is 5. The zero-order chi connectivity index (χ0) is 31.6. The Balaban J connectivity index is 1.84. The second kappa shape index (κ2) is 15.0. The molecule has 43 heavy (non-hydrogen) atoms. The minimum atomic E-state index is -4.76. The fraction of sp³-hybridized carbons (Fsp3) is 0.267. The van der Waals surface area contributed by atoms with E-state index in [0.717, 1.165) is 0 Å². The van der Waals surface area contributed by atoms with Crippen LogP contribution in [0.4, 0.5) is 5.69 Å². The summed E-state index contributed by atoms with van der Waals surface area (Å²) in [5, 5.41) is 17.3. The second-order valence-electron chi connectivity index (χ2n) is 10.1. The van der Waals surface area contributed by atoms with Crippen molar-refractivity contribution in [1.82, 2.24) is 10.6 Å². The average Bonchev–Trinajstić information content (AvgIpc) is 2.96. The number of anilines is 1. The smallest absolute Gasteiger partial charge is 0.497 e. The number of methoxy groups -OCH3 is 1. The first kappa shape index (κ1) is 32.8. The monoisotopic (exact) mass is 608 g/mol. The van der Waals surface area contributed by atoms with Crippen molar-refractivity contribution < 1.29 is 38.0 Å². The molecule has 0 bridgehead atoms. The van der Waals surface area contributed by atoms with Crippen molar-refractivity contribution in [1.29, 1.82) is 5.26 Å². The Morgan fingerprint density at radius 2 is 1.58 bits per heavy atom. The van der Waals surface area contributed by atoms with E-state index in [9.17, 15) is 18.9 Å². The summed E-state index contributed by atoms with van der Waals surface area (Å²) in [4.78, 5) is 58.1. The summed E-state index contributed by atoms with van der Waals surface area (Å²) in [6.07, 6.45) is 0.294. The largest absolute Gasteiger partial charge is 0.524 e. The molecule has 3 amide bonds. The third kappa shape index (κ3) is 10.6. The summed E-state index contributed by atoms with van der Waals surface area (Å²) in [6, 6.07) is 18.2. The lowest BCUT2D eigenvalue weighted by Crippen LogP contribution is -2.53. The Hall–Kier alpha value is -4.69. The number of nitriles is 1. The molecule has 0 saturated carbocycles. The number of phosphoric acid groups is 1. The highest BCUT2D eigenvalue weighted by Gasteiger charge is 2.28. The lowest BCUT2D eigenvalue weighted by atomic mass is 10.0. The molecule has 12 nitrogen and oxygen atoms in total. The maximum absolute atomic E-state index is 13.6. The van der Waals surface area contributed by atoms with Gasteiger partial charge in [-0.2, -0.15) is 5.26 Å². The van der Waals surface area contributed by atoms with Gasteiger partial charge in [-0.05, 0) is 66.4 Å². The van der Waals surface area contributed by atoms with Gasteiger partial charge < -0.3 is 25.2 Å². The number of ether oxygens (including phenoxy) is 1. The van der Waals surface area contributed by atoms with E-state index in [1.54, 1.807) is 24.3 Å². The Morgan fingerprint density at radius 1 is 0.907 bits per heavy atom. The molecule has 226 valence electrons. The molecular formula is C30H33N4O8P. The SMILES string of the molecule is COc1cccc(NC(=O)C(CC(C)C)NC(=O)C(Cc2ccc(OP(=O)(O)O)cc2)NC(=O)c2ccc(C#N)cc2)c1. The van der Waals surface area contributed by atoms with Gasteiger partial charge >= 0.3 is 7.82 Å². The summed E-state index contributed by atoms with van der Waals surface area (Å²) in [7, 11) is -3.25. The Kier molecular flexibility index (Phi) is 11.4. The lowest BCUT2D eigenvalue weighted by Gasteiger charge is -2.24. The predicted molar refractivity (Wildman–Crippen MR) is 158 cm³/mol. The molecule has 2 unspecified atom stereocenters. The molecule has 0 aliphatic heterocycles. The minimum Gasteiger partial charge on any atom is -0.497 e. The van der Waals surface area contributed by atoms with Gasteiger partial charge in [0.05, 0.1) is 18.7 Å². The van der Waals surface area contributed by atoms with Crippen LogP contribution in [-0.4, -0.2) is 46.7 Å². The van der Waals surface area contributed by atoms with Crippen LogP contribution in [0.15, 0.2) is 72.8 Å². The van der Waals surface area contributed by atoms with Gasteiger partial charge in [-0.25, -0.2) is 4.57 Å². The molecule has 0 heterocycles. The van der Waals surface area contributed by atoms with Crippen LogP contribution in [0, 0.1) is 17.2 Å². The third-order valence-electron chi connectivity index (χ3n) is 6.16. The van der Waals surface area contributed by atoms with Crippen molar-refractivity contribution in [3.63, 3.8) is 0 Å². The van der Waals surface area contributed by atoms with E-state index in [2.05, 4.69) is 20.5 Å². The van der Waals surface area contributed by atoms with Gasteiger partial charge in [0.25, 0.3) is 5.91 Å². The number of phosphoric ester groups is 1. The first-order chi connectivity index (χ1) is 20.4. The highest BCUT2D eigenvalue weighted by Crippen LogP contribution is 2.37. The zero-order valence-electron chi connectivity index (χ0n) is 23.8. The molecule has 0 radical (unpaired) electrons. The number of amides is 3. The molecule has 0 aromatic heterocycles. The van der Waals surface area contributed by atoms with Crippen molar-refractivity contribution in [2.45, 2.75) is 38.8 Å². The normalized spacial score (nSPS) is 12.4. The Labute approximate surface area is 249 Å². The van der Waals surface area contributed by atoms with Crippen LogP contribution >= 0.6 is 7.82 Å². The van der Waals surface area contributed by atoms with E-state index in [-0.39, 0.29) is 23.7 Å². The molecule has 3 aromatic carbocycles. The van der Waals surface area contributed by atoms with Crippen molar-refractivity contribution in [3.05, 3.63) is 89.5 Å². The van der Waals surface area contributed by atoms with Gasteiger partial charge in [0.1, 0.15) is 23.6 Å². The van der Waals surface area contributed by atoms with Crippen LogP contribution in [-0.2, 0) is 20.6 Å². The maximum Gasteiger partial charge on any atom is 0.524 e. The van der Waals surface area contributed by atoms with E-state index in [0.29, 0.717) is 29.0 Å². The molecular weight excluding hydrogens is 575 g/mol. The number of nitrogens with zero attached hydrogens (tertiary/aromatic N) is 1. The zero-order valence-corrected chi connectivity index (χ0v) is 24.7. The molecule has 0 fully saturated rings. The molecule has 0 aliphatic carbocycles. The summed E-state index contributed by atoms with van der Waals surface area (Å²) >= 11 is 0. The quantitative estimate of drug-likeness (QED) is 0.181. The summed E-state index contributed by atoms with van der Waals surface area (Å²) in [5.41, 5.74) is 1.61. The molecule has 0 aliphatic rings. The third-order valence-corrected chi connectivity index (χ3v) is 6.61. The number of nitrogens with one attached hydrogen (secondary N) is 3. The van der Waals surface area contributed by atoms with E-state index in [1.807, 2.05) is 19.9 Å². The van der Waals surface area contributed by atoms with E-state index in [4.69, 9.17) is 19.8 Å². The summed E-state index contributed by atoms with van der Waals surface area (Å²) in [5.74, 6) is -1.15. The number of hydrogen-bond acceptors (Lipinski definition) is 7. The highest BCUT2D eigenvalue weighted by molar-refractivity contribution is 7.46. The Morgan fingerprint density at radius 3 is 2.16 bits per heavy atom. The van der Waals surface area contributed by atoms with Crippen LogP contribution < -0.4 is 25.2 Å².